The van der Waals surface area contributed by atoms with Crippen molar-refractivity contribution in [2.45, 2.75) is 0 Å². The highest BCUT2D eigenvalue weighted by atomic mass is 16.5. The van der Waals surface area contributed by atoms with Crippen molar-refractivity contribution in [3.63, 3.8) is 0 Å². The number of carboxylic acid groups (broad SMARTS) is 2. The highest BCUT2D eigenvalue weighted by Crippen LogP contribution is 2.37. The minimum absolute atomic E-state index is 0.108. The number of nitrogens with zero attached hydrogens (tertiary/aromatic N) is 2. The molecule has 1 aromatic heterocycles. The fourth-order valence-electron chi connectivity index (χ4n) is 4.67. The Labute approximate surface area is 227 Å². The first-order valence-corrected chi connectivity index (χ1v) is 12.3. The molecule has 40 heavy (non-hydrogen) atoms. The van der Waals surface area contributed by atoms with E-state index in [4.69, 9.17) is 9.84 Å². The van der Waals surface area contributed by atoms with E-state index >= 15 is 0 Å². The quantitative estimate of drug-likeness (QED) is 0.257. The smallest absolute Gasteiger partial charge is 0.335 e. The first kappa shape index (κ1) is 24.6. The second-order valence-electron chi connectivity index (χ2n) is 9.05. The molecule has 194 valence electrons. The Balaban J connectivity index is 1.52. The summed E-state index contributed by atoms with van der Waals surface area (Å²) >= 11 is 0. The number of fused-ring (bicyclic) bond motifs is 2. The largest absolute Gasteiger partial charge is 0.478 e. The van der Waals surface area contributed by atoms with Gasteiger partial charge in [0.1, 0.15) is 11.5 Å². The monoisotopic (exact) mass is 528 g/mol. The van der Waals surface area contributed by atoms with Gasteiger partial charge in [-0.25, -0.2) is 9.59 Å². The Bertz CT molecular complexity index is 1990. The molecule has 0 amide bonds. The lowest BCUT2D eigenvalue weighted by Gasteiger charge is -2.15. The Morgan fingerprint density at radius 3 is 1.80 bits per heavy atom. The summed E-state index contributed by atoms with van der Waals surface area (Å²) in [6, 6.07) is 30.7. The maximum absolute atomic E-state index is 13.4. The van der Waals surface area contributed by atoms with Crippen molar-refractivity contribution in [1.82, 2.24) is 9.78 Å². The molecule has 5 aromatic carbocycles. The average molecular weight is 529 g/mol. The second kappa shape index (κ2) is 9.85. The van der Waals surface area contributed by atoms with Crippen LogP contribution in [-0.4, -0.2) is 31.9 Å². The zero-order valence-electron chi connectivity index (χ0n) is 20.8. The van der Waals surface area contributed by atoms with E-state index in [9.17, 15) is 24.6 Å². The number of hydrogen-bond donors (Lipinski definition) is 2. The van der Waals surface area contributed by atoms with E-state index in [0.717, 1.165) is 16.3 Å². The molecule has 0 aliphatic rings. The molecule has 6 aromatic rings. The number of rotatable bonds is 6. The fourth-order valence-corrected chi connectivity index (χ4v) is 4.67. The second-order valence-corrected chi connectivity index (χ2v) is 9.05. The summed E-state index contributed by atoms with van der Waals surface area (Å²) in [4.78, 5) is 36.0. The molecule has 0 atom stereocenters. The minimum Gasteiger partial charge on any atom is -0.478 e. The van der Waals surface area contributed by atoms with Crippen LogP contribution in [0.3, 0.4) is 0 Å². The van der Waals surface area contributed by atoms with Crippen molar-refractivity contribution >= 4 is 33.5 Å². The maximum atomic E-state index is 13.4. The minimum atomic E-state index is -1.06. The molecule has 8 heteroatoms. The van der Waals surface area contributed by atoms with E-state index in [1.54, 1.807) is 36.4 Å². The SMILES string of the molecule is O=C(O)c1ccc(Oc2ccc(-c3nn(-c4ccc(C(=O)O)cc4)c(=O)c4ccccc34)c3ccccc23)cc1. The van der Waals surface area contributed by atoms with Crippen molar-refractivity contribution in [2.24, 2.45) is 0 Å². The molecule has 2 N–H and O–H groups in total. The van der Waals surface area contributed by atoms with Gasteiger partial charge in [0.15, 0.2) is 0 Å². The first-order chi connectivity index (χ1) is 19.4. The van der Waals surface area contributed by atoms with Crippen molar-refractivity contribution in [2.75, 3.05) is 0 Å². The van der Waals surface area contributed by atoms with Gasteiger partial charge < -0.3 is 14.9 Å². The van der Waals surface area contributed by atoms with Crippen LogP contribution >= 0.6 is 0 Å². The lowest BCUT2D eigenvalue weighted by molar-refractivity contribution is 0.0686. The normalized spacial score (nSPS) is 11.0. The van der Waals surface area contributed by atoms with E-state index < -0.39 is 11.9 Å². The molecule has 0 spiro atoms. The average Bonchev–Trinajstić information content (AvgIpc) is 2.98. The number of carbonyl (C=O) groups is 2. The number of hydrogen-bond acceptors (Lipinski definition) is 5. The van der Waals surface area contributed by atoms with Gasteiger partial charge in [-0.2, -0.15) is 9.78 Å². The van der Waals surface area contributed by atoms with Crippen LogP contribution in [0.5, 0.6) is 11.5 Å². The molecule has 0 bridgehead atoms. The molecule has 0 radical (unpaired) electrons. The number of benzene rings is 5. The highest BCUT2D eigenvalue weighted by molar-refractivity contribution is 6.05. The number of carboxylic acids is 2. The summed E-state index contributed by atoms with van der Waals surface area (Å²) in [5.74, 6) is -1.01. The van der Waals surface area contributed by atoms with Crippen LogP contribution in [0.2, 0.25) is 0 Å². The lowest BCUT2D eigenvalue weighted by atomic mass is 9.98. The van der Waals surface area contributed by atoms with Crippen molar-refractivity contribution in [1.29, 1.82) is 0 Å². The molecule has 0 unspecified atom stereocenters. The third-order valence-electron chi connectivity index (χ3n) is 6.63. The van der Waals surface area contributed by atoms with Crippen LogP contribution in [0.25, 0.3) is 38.5 Å². The zero-order chi connectivity index (χ0) is 27.8. The third kappa shape index (κ3) is 4.33. The summed E-state index contributed by atoms with van der Waals surface area (Å²) in [6.45, 7) is 0. The van der Waals surface area contributed by atoms with Crippen LogP contribution in [-0.2, 0) is 0 Å². The Hall–Kier alpha value is -5.76. The molecule has 0 saturated carbocycles. The number of aromatic nitrogens is 2. The maximum Gasteiger partial charge on any atom is 0.335 e. The van der Waals surface area contributed by atoms with Gasteiger partial charge in [0.05, 0.1) is 27.9 Å². The molecule has 0 fully saturated rings. The van der Waals surface area contributed by atoms with Crippen molar-refractivity contribution < 1.29 is 24.5 Å². The molecule has 0 aliphatic carbocycles. The van der Waals surface area contributed by atoms with Gasteiger partial charge in [-0.05, 0) is 72.1 Å². The van der Waals surface area contributed by atoms with Crippen LogP contribution in [0.1, 0.15) is 20.7 Å². The van der Waals surface area contributed by atoms with E-state index in [-0.39, 0.29) is 16.7 Å². The fraction of sp³-hybridized carbons (Fsp3) is 0. The van der Waals surface area contributed by atoms with Gasteiger partial charge in [-0.3, -0.25) is 4.79 Å². The van der Waals surface area contributed by atoms with E-state index in [1.165, 1.54) is 28.9 Å². The third-order valence-corrected chi connectivity index (χ3v) is 6.63. The summed E-state index contributed by atoms with van der Waals surface area (Å²) in [5.41, 5.74) is 1.74. The Kier molecular flexibility index (Phi) is 6.05. The predicted molar refractivity (Wildman–Crippen MR) is 151 cm³/mol. The Morgan fingerprint density at radius 1 is 0.625 bits per heavy atom. The summed E-state index contributed by atoms with van der Waals surface area (Å²) in [7, 11) is 0. The van der Waals surface area contributed by atoms with Gasteiger partial charge in [0, 0.05) is 16.3 Å². The highest BCUT2D eigenvalue weighted by Gasteiger charge is 2.17. The lowest BCUT2D eigenvalue weighted by Crippen LogP contribution is -2.22. The zero-order valence-corrected chi connectivity index (χ0v) is 20.8. The van der Waals surface area contributed by atoms with Crippen molar-refractivity contribution in [3.05, 3.63) is 131 Å². The molecule has 8 nitrogen and oxygen atoms in total. The van der Waals surface area contributed by atoms with Gasteiger partial charge in [0.25, 0.3) is 5.56 Å². The van der Waals surface area contributed by atoms with Gasteiger partial charge >= 0.3 is 11.9 Å². The molecule has 1 heterocycles. The topological polar surface area (TPSA) is 119 Å². The molecule has 0 saturated heterocycles. The first-order valence-electron chi connectivity index (χ1n) is 12.3. The number of aromatic carboxylic acids is 2. The summed E-state index contributed by atoms with van der Waals surface area (Å²) in [6.07, 6.45) is 0. The van der Waals surface area contributed by atoms with Crippen LogP contribution in [0.4, 0.5) is 0 Å². The van der Waals surface area contributed by atoms with Gasteiger partial charge in [-0.15, -0.1) is 0 Å². The van der Waals surface area contributed by atoms with Gasteiger partial charge in [0.2, 0.25) is 0 Å². The van der Waals surface area contributed by atoms with Crippen LogP contribution < -0.4 is 10.3 Å². The van der Waals surface area contributed by atoms with Gasteiger partial charge in [-0.1, -0.05) is 42.5 Å². The van der Waals surface area contributed by atoms with Crippen LogP contribution in [0, 0.1) is 0 Å². The van der Waals surface area contributed by atoms with E-state index in [2.05, 4.69) is 0 Å². The molecule has 0 aliphatic heterocycles. The summed E-state index contributed by atoms with van der Waals surface area (Å²) in [5, 5.41) is 26.0. The van der Waals surface area contributed by atoms with Crippen LogP contribution in [0.15, 0.2) is 114 Å². The van der Waals surface area contributed by atoms with E-state index in [1.807, 2.05) is 48.5 Å². The number of ether oxygens (including phenoxy) is 1. The predicted octanol–water partition coefficient (Wildman–Crippen LogP) is 6.39. The van der Waals surface area contributed by atoms with E-state index in [0.29, 0.717) is 33.7 Å². The molecular formula is C32H20N2O6. The molecule has 6 rings (SSSR count). The Morgan fingerprint density at radius 2 is 1.18 bits per heavy atom. The molecular weight excluding hydrogens is 508 g/mol. The standard InChI is InChI=1S/C32H20N2O6/c35-30-27-8-4-3-7-25(27)29(33-34(30)21-13-9-19(10-14-21)31(36)37)26-17-18-28(24-6-2-1-5-23(24)26)40-22-15-11-20(12-16-22)32(38)39/h1-18H,(H,36,37)(H,38,39). The summed E-state index contributed by atoms with van der Waals surface area (Å²) < 4.78 is 7.42. The van der Waals surface area contributed by atoms with Crippen molar-refractivity contribution in [3.8, 4) is 28.4 Å².